The van der Waals surface area contributed by atoms with Gasteiger partial charge in [-0.3, -0.25) is 4.79 Å². The van der Waals surface area contributed by atoms with Crippen LogP contribution in [0.1, 0.15) is 11.1 Å². The number of carbonyl (C=O) groups excluding carboxylic acids is 2. The molecule has 0 spiro atoms. The summed E-state index contributed by atoms with van der Waals surface area (Å²) in [4.78, 5) is 40.2. The number of benzene rings is 2. The fourth-order valence-electron chi connectivity index (χ4n) is 2.47. The van der Waals surface area contributed by atoms with Crippen LogP contribution >= 0.6 is 15.9 Å². The van der Waals surface area contributed by atoms with E-state index in [0.717, 1.165) is 18.2 Å². The molecule has 0 aliphatic heterocycles. The summed E-state index contributed by atoms with van der Waals surface area (Å²) in [5.74, 6) is -1.46. The number of anilines is 1. The van der Waals surface area contributed by atoms with Crippen LogP contribution in [0.4, 0.5) is 18.9 Å². The molecule has 0 saturated carbocycles. The lowest BCUT2D eigenvalue weighted by Gasteiger charge is -2.08. The zero-order chi connectivity index (χ0) is 21.9. The molecule has 1 amide bonds. The molecule has 156 valence electrons. The smallest absolute Gasteiger partial charge is 0.416 e. The molecular formula is C19H13BrF3N3O4. The third kappa shape index (κ3) is 5.38. The lowest BCUT2D eigenvalue weighted by Crippen LogP contribution is -2.20. The summed E-state index contributed by atoms with van der Waals surface area (Å²) in [5.41, 5.74) is 0.557. The quantitative estimate of drug-likeness (QED) is 0.378. The standard InChI is InChI=1S/C19H13BrF3N3O4/c20-12-7-14-15(26-18(29)25-14)8-13(12)24-16(27)9-30-17(28)6-3-10-1-4-11(5-2-10)19(21,22)23/h1-8H,9H2,(H,24,27)(H2,25,26,29)/b6-3+. The third-order valence-electron chi connectivity index (χ3n) is 3.87. The monoisotopic (exact) mass is 483 g/mol. The number of fused-ring (bicyclic) bond motifs is 1. The Labute approximate surface area is 175 Å². The highest BCUT2D eigenvalue weighted by Crippen LogP contribution is 2.29. The normalized spacial score (nSPS) is 11.7. The van der Waals surface area contributed by atoms with Gasteiger partial charge in [0, 0.05) is 10.5 Å². The molecule has 7 nitrogen and oxygen atoms in total. The van der Waals surface area contributed by atoms with E-state index < -0.39 is 35.9 Å². The zero-order valence-corrected chi connectivity index (χ0v) is 16.6. The van der Waals surface area contributed by atoms with Gasteiger partial charge in [-0.15, -0.1) is 0 Å². The van der Waals surface area contributed by atoms with Crippen LogP contribution in [-0.4, -0.2) is 28.5 Å². The van der Waals surface area contributed by atoms with Crippen LogP contribution in [0, 0.1) is 0 Å². The van der Waals surface area contributed by atoms with Gasteiger partial charge >= 0.3 is 17.8 Å². The van der Waals surface area contributed by atoms with E-state index in [1.54, 1.807) is 6.07 Å². The molecule has 3 rings (SSSR count). The Morgan fingerprint density at radius 3 is 2.37 bits per heavy atom. The summed E-state index contributed by atoms with van der Waals surface area (Å²) in [6, 6.07) is 7.33. The molecule has 3 aromatic rings. The molecule has 11 heteroatoms. The van der Waals surface area contributed by atoms with Crippen molar-refractivity contribution in [2.24, 2.45) is 0 Å². The number of esters is 1. The van der Waals surface area contributed by atoms with Crippen molar-refractivity contribution in [3.05, 3.63) is 68.6 Å². The molecule has 0 bridgehead atoms. The number of aromatic nitrogens is 2. The molecule has 0 saturated heterocycles. The number of hydrogen-bond acceptors (Lipinski definition) is 4. The summed E-state index contributed by atoms with van der Waals surface area (Å²) in [6.07, 6.45) is -2.17. The first-order valence-electron chi connectivity index (χ1n) is 8.35. The molecule has 3 N–H and O–H groups in total. The first-order chi connectivity index (χ1) is 14.1. The fraction of sp³-hybridized carbons (Fsp3) is 0.105. The molecule has 0 unspecified atom stereocenters. The maximum Gasteiger partial charge on any atom is 0.416 e. The van der Waals surface area contributed by atoms with Crippen molar-refractivity contribution in [2.75, 3.05) is 11.9 Å². The Kier molecular flexibility index (Phi) is 6.11. The first-order valence-corrected chi connectivity index (χ1v) is 9.14. The number of H-pyrrole nitrogens is 2. The molecule has 30 heavy (non-hydrogen) atoms. The number of carbonyl (C=O) groups is 2. The van der Waals surface area contributed by atoms with Gasteiger partial charge in [0.25, 0.3) is 5.91 Å². The fourth-order valence-corrected chi connectivity index (χ4v) is 2.91. The number of amides is 1. The van der Waals surface area contributed by atoms with Gasteiger partial charge in [0.15, 0.2) is 6.61 Å². The Morgan fingerprint density at radius 2 is 1.73 bits per heavy atom. The molecule has 0 aliphatic rings. The summed E-state index contributed by atoms with van der Waals surface area (Å²) >= 11 is 3.26. The number of hydrogen-bond donors (Lipinski definition) is 3. The van der Waals surface area contributed by atoms with Gasteiger partial charge in [0.05, 0.1) is 22.3 Å². The Balaban J connectivity index is 1.54. The summed E-state index contributed by atoms with van der Waals surface area (Å²) in [6.45, 7) is -0.579. The molecule has 2 aromatic carbocycles. The lowest BCUT2D eigenvalue weighted by atomic mass is 10.1. The topological polar surface area (TPSA) is 104 Å². The number of rotatable bonds is 5. The van der Waals surface area contributed by atoms with Gasteiger partial charge in [-0.25, -0.2) is 9.59 Å². The maximum atomic E-state index is 12.5. The number of nitrogens with one attached hydrogen (secondary N) is 3. The van der Waals surface area contributed by atoms with E-state index in [1.165, 1.54) is 24.3 Å². The number of ether oxygens (including phenoxy) is 1. The molecule has 0 fully saturated rings. The minimum absolute atomic E-state index is 0.360. The molecule has 0 aliphatic carbocycles. The van der Waals surface area contributed by atoms with Gasteiger partial charge in [-0.1, -0.05) is 12.1 Å². The molecule has 1 heterocycles. The van der Waals surface area contributed by atoms with Crippen molar-refractivity contribution in [1.29, 1.82) is 0 Å². The molecule has 0 radical (unpaired) electrons. The van der Waals surface area contributed by atoms with E-state index in [0.29, 0.717) is 26.8 Å². The average molecular weight is 484 g/mol. The lowest BCUT2D eigenvalue weighted by molar-refractivity contribution is -0.142. The Bertz CT molecular complexity index is 1180. The highest BCUT2D eigenvalue weighted by atomic mass is 79.9. The molecular weight excluding hydrogens is 471 g/mol. The minimum atomic E-state index is -4.44. The van der Waals surface area contributed by atoms with E-state index in [1.807, 2.05) is 0 Å². The van der Waals surface area contributed by atoms with Crippen LogP contribution in [0.25, 0.3) is 17.1 Å². The van der Waals surface area contributed by atoms with E-state index in [-0.39, 0.29) is 0 Å². The van der Waals surface area contributed by atoms with Crippen LogP contribution in [0.15, 0.2) is 51.7 Å². The van der Waals surface area contributed by atoms with Crippen LogP contribution in [0.2, 0.25) is 0 Å². The van der Waals surface area contributed by atoms with E-state index in [4.69, 9.17) is 4.74 Å². The largest absolute Gasteiger partial charge is 0.452 e. The minimum Gasteiger partial charge on any atom is -0.452 e. The second kappa shape index (κ2) is 8.57. The number of alkyl halides is 3. The predicted octanol–water partition coefficient (Wildman–Crippen LogP) is 3.83. The van der Waals surface area contributed by atoms with Crippen molar-refractivity contribution >= 4 is 50.6 Å². The SMILES string of the molecule is O=C(COC(=O)/C=C/c1ccc(C(F)(F)F)cc1)Nc1cc2[nH]c(=O)[nH]c2cc1Br. The van der Waals surface area contributed by atoms with Crippen LogP contribution < -0.4 is 11.0 Å². The summed E-state index contributed by atoms with van der Waals surface area (Å²) in [5, 5.41) is 2.53. The summed E-state index contributed by atoms with van der Waals surface area (Å²) < 4.78 is 42.9. The van der Waals surface area contributed by atoms with Crippen molar-refractivity contribution < 1.29 is 27.5 Å². The predicted molar refractivity (Wildman–Crippen MR) is 107 cm³/mol. The van der Waals surface area contributed by atoms with Crippen LogP contribution in [-0.2, 0) is 20.5 Å². The van der Waals surface area contributed by atoms with Crippen LogP contribution in [0.3, 0.4) is 0 Å². The Morgan fingerprint density at radius 1 is 1.10 bits per heavy atom. The van der Waals surface area contributed by atoms with Gasteiger partial charge in [0.2, 0.25) is 0 Å². The summed E-state index contributed by atoms with van der Waals surface area (Å²) in [7, 11) is 0. The third-order valence-corrected chi connectivity index (χ3v) is 4.53. The van der Waals surface area contributed by atoms with Crippen molar-refractivity contribution in [1.82, 2.24) is 9.97 Å². The van der Waals surface area contributed by atoms with Crippen molar-refractivity contribution in [3.63, 3.8) is 0 Å². The second-order valence-corrected chi connectivity index (χ2v) is 6.92. The highest BCUT2D eigenvalue weighted by Gasteiger charge is 2.29. The Hall–Kier alpha value is -3.34. The highest BCUT2D eigenvalue weighted by molar-refractivity contribution is 9.10. The first kappa shape index (κ1) is 21.4. The van der Waals surface area contributed by atoms with Gasteiger partial charge in [0.1, 0.15) is 0 Å². The number of aromatic amines is 2. The molecule has 1 aromatic heterocycles. The molecule has 0 atom stereocenters. The van der Waals surface area contributed by atoms with Gasteiger partial charge in [-0.05, 0) is 51.8 Å². The van der Waals surface area contributed by atoms with Crippen LogP contribution in [0.5, 0.6) is 0 Å². The van der Waals surface area contributed by atoms with E-state index >= 15 is 0 Å². The maximum absolute atomic E-state index is 12.5. The van der Waals surface area contributed by atoms with Crippen molar-refractivity contribution in [2.45, 2.75) is 6.18 Å². The number of halogens is 4. The van der Waals surface area contributed by atoms with Gasteiger partial charge in [-0.2, -0.15) is 13.2 Å². The van der Waals surface area contributed by atoms with Gasteiger partial charge < -0.3 is 20.0 Å². The van der Waals surface area contributed by atoms with Crippen molar-refractivity contribution in [3.8, 4) is 0 Å². The van der Waals surface area contributed by atoms with E-state index in [9.17, 15) is 27.6 Å². The number of imidazole rings is 1. The zero-order valence-electron chi connectivity index (χ0n) is 15.0. The average Bonchev–Trinajstić information content (AvgIpc) is 3.03. The van der Waals surface area contributed by atoms with E-state index in [2.05, 4.69) is 31.2 Å². The second-order valence-electron chi connectivity index (χ2n) is 6.07.